The summed E-state index contributed by atoms with van der Waals surface area (Å²) in [6.07, 6.45) is 4.68. The van der Waals surface area contributed by atoms with Gasteiger partial charge < -0.3 is 5.11 Å². The fourth-order valence-corrected chi connectivity index (χ4v) is 1.95. The Hall–Kier alpha value is -0.570. The molecule has 14 heavy (non-hydrogen) atoms. The molecular formula is C11H21NO2. The second-order valence-corrected chi connectivity index (χ2v) is 4.24. The third-order valence-electron chi connectivity index (χ3n) is 2.99. The van der Waals surface area contributed by atoms with E-state index in [-0.39, 0.29) is 6.54 Å². The topological polar surface area (TPSA) is 40.5 Å². The third kappa shape index (κ3) is 3.66. The lowest BCUT2D eigenvalue weighted by atomic mass is 10.1. The first-order valence-electron chi connectivity index (χ1n) is 5.63. The predicted octanol–water partition coefficient (Wildman–Crippen LogP) is 1.97. The molecule has 0 aromatic heterocycles. The van der Waals surface area contributed by atoms with Crippen LogP contribution in [0.2, 0.25) is 0 Å². The molecule has 0 spiro atoms. The van der Waals surface area contributed by atoms with Gasteiger partial charge >= 0.3 is 5.97 Å². The number of carbonyl (C=O) groups is 1. The predicted molar refractivity (Wildman–Crippen MR) is 56.3 cm³/mol. The lowest BCUT2D eigenvalue weighted by Gasteiger charge is -2.28. The van der Waals surface area contributed by atoms with E-state index >= 15 is 0 Å². The Morgan fingerprint density at radius 3 is 2.36 bits per heavy atom. The molecule has 1 aliphatic rings. The van der Waals surface area contributed by atoms with Crippen molar-refractivity contribution in [2.24, 2.45) is 5.92 Å². The van der Waals surface area contributed by atoms with E-state index in [1.807, 2.05) is 0 Å². The van der Waals surface area contributed by atoms with Gasteiger partial charge in [-0.3, -0.25) is 9.69 Å². The van der Waals surface area contributed by atoms with Gasteiger partial charge in [-0.1, -0.05) is 13.8 Å². The molecule has 1 aliphatic carbocycles. The van der Waals surface area contributed by atoms with Gasteiger partial charge in [0.05, 0.1) is 6.54 Å². The highest BCUT2D eigenvalue weighted by Gasteiger charge is 2.27. The number of rotatable bonds is 7. The van der Waals surface area contributed by atoms with Gasteiger partial charge in [0, 0.05) is 12.6 Å². The van der Waals surface area contributed by atoms with Crippen molar-refractivity contribution < 1.29 is 9.90 Å². The van der Waals surface area contributed by atoms with Crippen LogP contribution < -0.4 is 0 Å². The Morgan fingerprint density at radius 2 is 2.00 bits per heavy atom. The van der Waals surface area contributed by atoms with E-state index in [9.17, 15) is 4.79 Å². The fraction of sp³-hybridized carbons (Fsp3) is 0.909. The number of nitrogens with zero attached hydrogens (tertiary/aromatic N) is 1. The van der Waals surface area contributed by atoms with Gasteiger partial charge in [0.15, 0.2) is 0 Å². The highest BCUT2D eigenvalue weighted by Crippen LogP contribution is 2.30. The average Bonchev–Trinajstić information content (AvgIpc) is 2.89. The highest BCUT2D eigenvalue weighted by molar-refractivity contribution is 5.69. The maximum absolute atomic E-state index is 10.7. The molecule has 0 radical (unpaired) electrons. The molecule has 3 nitrogen and oxygen atoms in total. The van der Waals surface area contributed by atoms with Crippen molar-refractivity contribution >= 4 is 5.97 Å². The van der Waals surface area contributed by atoms with E-state index in [1.165, 1.54) is 12.8 Å². The first-order valence-corrected chi connectivity index (χ1v) is 5.63. The third-order valence-corrected chi connectivity index (χ3v) is 2.99. The molecule has 0 unspecified atom stereocenters. The molecule has 3 heteroatoms. The van der Waals surface area contributed by atoms with E-state index in [1.54, 1.807) is 0 Å². The Labute approximate surface area is 86.1 Å². The number of hydrogen-bond acceptors (Lipinski definition) is 2. The maximum Gasteiger partial charge on any atom is 0.317 e. The van der Waals surface area contributed by atoms with E-state index in [0.717, 1.165) is 25.3 Å². The van der Waals surface area contributed by atoms with Crippen LogP contribution >= 0.6 is 0 Å². The van der Waals surface area contributed by atoms with Crippen LogP contribution in [0.5, 0.6) is 0 Å². The zero-order chi connectivity index (χ0) is 10.6. The normalized spacial score (nSPS) is 16.6. The van der Waals surface area contributed by atoms with E-state index in [2.05, 4.69) is 18.7 Å². The first kappa shape index (κ1) is 11.5. The van der Waals surface area contributed by atoms with Crippen LogP contribution in [0.4, 0.5) is 0 Å². The number of aliphatic carboxylic acids is 1. The molecule has 0 atom stereocenters. The molecule has 1 N–H and O–H groups in total. The van der Waals surface area contributed by atoms with E-state index in [4.69, 9.17) is 5.11 Å². The first-order chi connectivity index (χ1) is 6.67. The average molecular weight is 199 g/mol. The van der Waals surface area contributed by atoms with E-state index in [0.29, 0.717) is 6.04 Å². The molecule has 0 bridgehead atoms. The van der Waals surface area contributed by atoms with Crippen molar-refractivity contribution in [3.8, 4) is 0 Å². The van der Waals surface area contributed by atoms with Crippen LogP contribution in [0, 0.1) is 5.92 Å². The molecule has 1 rings (SSSR count). The lowest BCUT2D eigenvalue weighted by molar-refractivity contribution is -0.139. The Bertz CT molecular complexity index is 186. The maximum atomic E-state index is 10.7. The monoisotopic (exact) mass is 199 g/mol. The quantitative estimate of drug-likeness (QED) is 0.681. The molecule has 0 saturated heterocycles. The minimum atomic E-state index is -0.697. The van der Waals surface area contributed by atoms with Crippen LogP contribution in [0.3, 0.4) is 0 Å². The molecule has 0 aromatic rings. The Kier molecular flexibility index (Phi) is 4.39. The standard InChI is InChI=1S/C11H21NO2/c1-3-10(4-2)12(8-11(13)14)7-9-5-6-9/h9-10H,3-8H2,1-2H3,(H,13,14). The van der Waals surface area contributed by atoms with Crippen molar-refractivity contribution in [2.75, 3.05) is 13.1 Å². The zero-order valence-electron chi connectivity index (χ0n) is 9.20. The number of carboxylic acid groups (broad SMARTS) is 1. The fourth-order valence-electron chi connectivity index (χ4n) is 1.95. The molecular weight excluding hydrogens is 178 g/mol. The van der Waals surface area contributed by atoms with Gasteiger partial charge in [0.2, 0.25) is 0 Å². The summed E-state index contributed by atoms with van der Waals surface area (Å²) in [6, 6.07) is 0.451. The van der Waals surface area contributed by atoms with Crippen LogP contribution in [-0.4, -0.2) is 35.1 Å². The van der Waals surface area contributed by atoms with Gasteiger partial charge in [-0.2, -0.15) is 0 Å². The molecule has 1 fully saturated rings. The Morgan fingerprint density at radius 1 is 1.43 bits per heavy atom. The Balaban J connectivity index is 2.43. The van der Waals surface area contributed by atoms with Crippen molar-refractivity contribution in [1.82, 2.24) is 4.90 Å². The second kappa shape index (κ2) is 5.35. The summed E-state index contributed by atoms with van der Waals surface area (Å²) in [4.78, 5) is 12.8. The van der Waals surface area contributed by atoms with Gasteiger partial charge in [-0.05, 0) is 31.6 Å². The van der Waals surface area contributed by atoms with Gasteiger partial charge in [-0.25, -0.2) is 0 Å². The number of hydrogen-bond donors (Lipinski definition) is 1. The molecule has 0 aliphatic heterocycles. The molecule has 0 amide bonds. The van der Waals surface area contributed by atoms with Crippen LogP contribution in [0.1, 0.15) is 39.5 Å². The smallest absolute Gasteiger partial charge is 0.317 e. The van der Waals surface area contributed by atoms with Crippen molar-refractivity contribution in [1.29, 1.82) is 0 Å². The summed E-state index contributed by atoms with van der Waals surface area (Å²) in [5.74, 6) is 0.0764. The largest absolute Gasteiger partial charge is 0.480 e. The minimum Gasteiger partial charge on any atom is -0.480 e. The molecule has 0 heterocycles. The molecule has 1 saturated carbocycles. The summed E-state index contributed by atoms with van der Waals surface area (Å²) in [5.41, 5.74) is 0. The van der Waals surface area contributed by atoms with Crippen molar-refractivity contribution in [3.05, 3.63) is 0 Å². The van der Waals surface area contributed by atoms with Crippen molar-refractivity contribution in [2.45, 2.75) is 45.6 Å². The SMILES string of the molecule is CCC(CC)N(CC(=O)O)CC1CC1. The highest BCUT2D eigenvalue weighted by atomic mass is 16.4. The lowest BCUT2D eigenvalue weighted by Crippen LogP contribution is -2.39. The van der Waals surface area contributed by atoms with E-state index < -0.39 is 5.97 Å². The number of carboxylic acids is 1. The summed E-state index contributed by atoms with van der Waals surface area (Å²) in [6.45, 7) is 5.47. The zero-order valence-corrected chi connectivity index (χ0v) is 9.20. The van der Waals surface area contributed by atoms with Gasteiger partial charge in [0.1, 0.15) is 0 Å². The van der Waals surface area contributed by atoms with Gasteiger partial charge in [-0.15, -0.1) is 0 Å². The summed E-state index contributed by atoms with van der Waals surface area (Å²) < 4.78 is 0. The minimum absolute atomic E-state index is 0.211. The van der Waals surface area contributed by atoms with Crippen LogP contribution in [0.15, 0.2) is 0 Å². The molecule has 0 aromatic carbocycles. The summed E-state index contributed by atoms with van der Waals surface area (Å²) in [5, 5.41) is 8.82. The van der Waals surface area contributed by atoms with Crippen LogP contribution in [-0.2, 0) is 4.79 Å². The molecule has 82 valence electrons. The van der Waals surface area contributed by atoms with Gasteiger partial charge in [0.25, 0.3) is 0 Å². The summed E-state index contributed by atoms with van der Waals surface area (Å²) >= 11 is 0. The summed E-state index contributed by atoms with van der Waals surface area (Å²) in [7, 11) is 0. The van der Waals surface area contributed by atoms with Crippen molar-refractivity contribution in [3.63, 3.8) is 0 Å². The van der Waals surface area contributed by atoms with Crippen LogP contribution in [0.25, 0.3) is 0 Å². The second-order valence-electron chi connectivity index (χ2n) is 4.24.